The van der Waals surface area contributed by atoms with Crippen LogP contribution < -0.4 is 9.64 Å². The van der Waals surface area contributed by atoms with Gasteiger partial charge in [-0.05, 0) is 29.6 Å². The van der Waals surface area contributed by atoms with E-state index >= 15 is 0 Å². The standard InChI is InChI=1S/C18H20N2O3S/c21-18(17-2-1-11-24-17)20-7-10-23-16-4-3-15(12-14(16)13-20)19-5-8-22-9-6-19/h1-4,11-12H,5-10,13H2. The van der Waals surface area contributed by atoms with Gasteiger partial charge in [0.25, 0.3) is 5.91 Å². The van der Waals surface area contributed by atoms with Gasteiger partial charge in [-0.25, -0.2) is 0 Å². The fraction of sp³-hybridized carbons (Fsp3) is 0.389. The molecule has 0 bridgehead atoms. The highest BCUT2D eigenvalue weighted by Gasteiger charge is 2.22. The van der Waals surface area contributed by atoms with Crippen molar-refractivity contribution < 1.29 is 14.3 Å². The number of anilines is 1. The molecule has 2 aliphatic rings. The molecule has 0 unspecified atom stereocenters. The Balaban J connectivity index is 1.57. The van der Waals surface area contributed by atoms with Gasteiger partial charge in [-0.15, -0.1) is 11.3 Å². The van der Waals surface area contributed by atoms with Crippen LogP contribution in [0.5, 0.6) is 5.75 Å². The predicted molar refractivity (Wildman–Crippen MR) is 94.0 cm³/mol. The predicted octanol–water partition coefficient (Wildman–Crippen LogP) is 2.62. The number of rotatable bonds is 2. The molecule has 24 heavy (non-hydrogen) atoms. The Morgan fingerprint density at radius 1 is 1.08 bits per heavy atom. The molecule has 0 saturated carbocycles. The minimum absolute atomic E-state index is 0.0817. The summed E-state index contributed by atoms with van der Waals surface area (Å²) in [7, 11) is 0. The summed E-state index contributed by atoms with van der Waals surface area (Å²) in [6, 6.07) is 10.1. The van der Waals surface area contributed by atoms with E-state index in [2.05, 4.69) is 17.0 Å². The molecule has 1 fully saturated rings. The summed E-state index contributed by atoms with van der Waals surface area (Å²) in [4.78, 5) is 17.6. The highest BCUT2D eigenvalue weighted by Crippen LogP contribution is 2.29. The van der Waals surface area contributed by atoms with Gasteiger partial charge in [0.15, 0.2) is 0 Å². The van der Waals surface area contributed by atoms with Crippen LogP contribution in [0.15, 0.2) is 35.7 Å². The van der Waals surface area contributed by atoms with Crippen molar-refractivity contribution >= 4 is 22.9 Å². The van der Waals surface area contributed by atoms with Crippen LogP contribution in [0, 0.1) is 0 Å². The molecule has 4 rings (SSSR count). The number of morpholine rings is 1. The first-order valence-corrected chi connectivity index (χ1v) is 9.10. The van der Waals surface area contributed by atoms with E-state index in [9.17, 15) is 4.79 Å². The van der Waals surface area contributed by atoms with Crippen molar-refractivity contribution in [2.24, 2.45) is 0 Å². The van der Waals surface area contributed by atoms with Crippen LogP contribution in [0.25, 0.3) is 0 Å². The lowest BCUT2D eigenvalue weighted by Crippen LogP contribution is -2.36. The third-order valence-electron chi connectivity index (χ3n) is 4.42. The van der Waals surface area contributed by atoms with Gasteiger partial charge in [0.1, 0.15) is 12.4 Å². The molecule has 0 spiro atoms. The zero-order chi connectivity index (χ0) is 16.4. The normalized spacial score (nSPS) is 17.8. The fourth-order valence-corrected chi connectivity index (χ4v) is 3.82. The van der Waals surface area contributed by atoms with Gasteiger partial charge >= 0.3 is 0 Å². The molecule has 0 radical (unpaired) electrons. The van der Waals surface area contributed by atoms with Gasteiger partial charge in [0.2, 0.25) is 0 Å². The van der Waals surface area contributed by atoms with Crippen molar-refractivity contribution in [3.63, 3.8) is 0 Å². The summed E-state index contributed by atoms with van der Waals surface area (Å²) in [5, 5.41) is 1.94. The van der Waals surface area contributed by atoms with E-state index in [1.165, 1.54) is 17.0 Å². The lowest BCUT2D eigenvalue weighted by atomic mass is 10.1. The molecule has 1 amide bonds. The van der Waals surface area contributed by atoms with Crippen molar-refractivity contribution in [3.8, 4) is 5.75 Å². The monoisotopic (exact) mass is 344 g/mol. The molecule has 0 atom stereocenters. The summed E-state index contributed by atoms with van der Waals surface area (Å²) >= 11 is 1.48. The molecule has 2 aliphatic heterocycles. The number of fused-ring (bicyclic) bond motifs is 1. The summed E-state index contributed by atoms with van der Waals surface area (Å²) in [5.41, 5.74) is 2.24. The van der Waals surface area contributed by atoms with Crippen LogP contribution in [0.3, 0.4) is 0 Å². The van der Waals surface area contributed by atoms with E-state index in [4.69, 9.17) is 9.47 Å². The largest absolute Gasteiger partial charge is 0.491 e. The quantitative estimate of drug-likeness (QED) is 0.840. The van der Waals surface area contributed by atoms with Crippen molar-refractivity contribution in [2.45, 2.75) is 6.54 Å². The maximum absolute atomic E-state index is 12.7. The molecule has 2 aromatic rings. The Morgan fingerprint density at radius 2 is 1.96 bits per heavy atom. The Kier molecular flexibility index (Phi) is 4.40. The van der Waals surface area contributed by atoms with Gasteiger partial charge in [-0.3, -0.25) is 4.79 Å². The zero-order valence-corrected chi connectivity index (χ0v) is 14.3. The highest BCUT2D eigenvalue weighted by atomic mass is 32.1. The van der Waals surface area contributed by atoms with Gasteiger partial charge in [0.05, 0.1) is 24.6 Å². The minimum Gasteiger partial charge on any atom is -0.491 e. The second-order valence-electron chi connectivity index (χ2n) is 5.94. The minimum atomic E-state index is 0.0817. The van der Waals surface area contributed by atoms with Gasteiger partial charge in [0, 0.05) is 30.9 Å². The van der Waals surface area contributed by atoms with Gasteiger partial charge in [-0.1, -0.05) is 6.07 Å². The van der Waals surface area contributed by atoms with Crippen molar-refractivity contribution in [3.05, 3.63) is 46.2 Å². The summed E-state index contributed by atoms with van der Waals surface area (Å²) in [6.45, 7) is 5.05. The van der Waals surface area contributed by atoms with E-state index in [0.717, 1.165) is 42.5 Å². The van der Waals surface area contributed by atoms with Crippen molar-refractivity contribution in [1.82, 2.24) is 4.90 Å². The number of nitrogens with zero attached hydrogens (tertiary/aromatic N) is 2. The van der Waals surface area contributed by atoms with E-state index in [-0.39, 0.29) is 5.91 Å². The number of hydrogen-bond acceptors (Lipinski definition) is 5. The number of amides is 1. The molecular formula is C18H20N2O3S. The summed E-state index contributed by atoms with van der Waals surface area (Å²) < 4.78 is 11.3. The molecule has 1 aromatic heterocycles. The van der Waals surface area contributed by atoms with Gasteiger partial charge in [-0.2, -0.15) is 0 Å². The SMILES string of the molecule is O=C(c1cccs1)N1CCOc2ccc(N3CCOCC3)cc2C1. The molecule has 5 nitrogen and oxygen atoms in total. The van der Waals surface area contributed by atoms with Crippen LogP contribution in [0.1, 0.15) is 15.2 Å². The average Bonchev–Trinajstić information content (AvgIpc) is 3.08. The maximum atomic E-state index is 12.7. The molecule has 1 saturated heterocycles. The van der Waals surface area contributed by atoms with Gasteiger partial charge < -0.3 is 19.3 Å². The topological polar surface area (TPSA) is 42.0 Å². The van der Waals surface area contributed by atoms with Crippen LogP contribution in [0.4, 0.5) is 5.69 Å². The van der Waals surface area contributed by atoms with Crippen LogP contribution in [-0.2, 0) is 11.3 Å². The van der Waals surface area contributed by atoms with Crippen molar-refractivity contribution in [1.29, 1.82) is 0 Å². The Bertz CT molecular complexity index is 711. The van der Waals surface area contributed by atoms with Crippen LogP contribution in [-0.4, -0.2) is 50.3 Å². The molecule has 1 aromatic carbocycles. The molecule has 0 aliphatic carbocycles. The van der Waals surface area contributed by atoms with E-state index in [1.54, 1.807) is 0 Å². The smallest absolute Gasteiger partial charge is 0.264 e. The first-order chi connectivity index (χ1) is 11.8. The van der Waals surface area contributed by atoms with Crippen molar-refractivity contribution in [2.75, 3.05) is 44.4 Å². The van der Waals surface area contributed by atoms with E-state index < -0.39 is 0 Å². The number of ether oxygens (including phenoxy) is 2. The summed E-state index contributed by atoms with van der Waals surface area (Å²) in [5.74, 6) is 0.965. The fourth-order valence-electron chi connectivity index (χ4n) is 3.13. The molecule has 126 valence electrons. The summed E-state index contributed by atoms with van der Waals surface area (Å²) in [6.07, 6.45) is 0. The first-order valence-electron chi connectivity index (χ1n) is 8.22. The highest BCUT2D eigenvalue weighted by molar-refractivity contribution is 7.12. The van der Waals surface area contributed by atoms with Crippen LogP contribution in [0.2, 0.25) is 0 Å². The lowest BCUT2D eigenvalue weighted by molar-refractivity contribution is 0.0738. The number of carbonyl (C=O) groups is 1. The number of benzene rings is 1. The Labute approximate surface area is 145 Å². The maximum Gasteiger partial charge on any atom is 0.264 e. The number of carbonyl (C=O) groups excluding carboxylic acids is 1. The van der Waals surface area contributed by atoms with E-state index in [1.807, 2.05) is 28.5 Å². The Morgan fingerprint density at radius 3 is 2.75 bits per heavy atom. The second kappa shape index (κ2) is 6.83. The molecule has 3 heterocycles. The average molecular weight is 344 g/mol. The van der Waals surface area contributed by atoms with Crippen LogP contribution >= 0.6 is 11.3 Å². The molecule has 0 N–H and O–H groups in total. The number of thiophene rings is 1. The Hall–Kier alpha value is -2.05. The third-order valence-corrected chi connectivity index (χ3v) is 5.28. The van der Waals surface area contributed by atoms with E-state index in [0.29, 0.717) is 19.7 Å². The second-order valence-corrected chi connectivity index (χ2v) is 6.89. The lowest BCUT2D eigenvalue weighted by Gasteiger charge is -2.29. The number of hydrogen-bond donors (Lipinski definition) is 0. The zero-order valence-electron chi connectivity index (χ0n) is 13.4. The third kappa shape index (κ3) is 3.12. The molecule has 6 heteroatoms. The first kappa shape index (κ1) is 15.5. The molecular weight excluding hydrogens is 324 g/mol.